The first-order chi connectivity index (χ1) is 11.0. The summed E-state index contributed by atoms with van der Waals surface area (Å²) in [5.74, 6) is 0. The van der Waals surface area contributed by atoms with Crippen LogP contribution in [0.2, 0.25) is 0 Å². The van der Waals surface area contributed by atoms with Crippen LogP contribution < -0.4 is 4.90 Å². The summed E-state index contributed by atoms with van der Waals surface area (Å²) in [6, 6.07) is 5.21. The van der Waals surface area contributed by atoms with Crippen LogP contribution in [0.3, 0.4) is 0 Å². The molecule has 0 saturated heterocycles. The molecule has 3 rings (SSSR count). The zero-order chi connectivity index (χ0) is 16.4. The first-order valence-corrected chi connectivity index (χ1v) is 7.63. The van der Waals surface area contributed by atoms with E-state index in [4.69, 9.17) is 0 Å². The number of hydrogen-bond acceptors (Lipinski definition) is 5. The van der Waals surface area contributed by atoms with Gasteiger partial charge >= 0.3 is 6.18 Å². The molecule has 2 aromatic heterocycles. The molecule has 0 atom stereocenters. The summed E-state index contributed by atoms with van der Waals surface area (Å²) in [5.41, 5.74) is 0.988. The molecule has 0 aliphatic carbocycles. The quantitative estimate of drug-likeness (QED) is 0.777. The Kier molecular flexibility index (Phi) is 4.03. The van der Waals surface area contributed by atoms with Gasteiger partial charge in [-0.05, 0) is 25.1 Å². The van der Waals surface area contributed by atoms with Gasteiger partial charge in [0, 0.05) is 17.6 Å². The molecule has 0 unspecified atom stereocenters. The van der Waals surface area contributed by atoms with Crippen molar-refractivity contribution in [1.82, 2.24) is 20.4 Å². The van der Waals surface area contributed by atoms with Crippen LogP contribution in [0.25, 0.3) is 11.4 Å². The minimum absolute atomic E-state index is 0.448. The third kappa shape index (κ3) is 3.19. The highest BCUT2D eigenvalue weighted by Crippen LogP contribution is 2.35. The maximum Gasteiger partial charge on any atom is 0.416 e. The van der Waals surface area contributed by atoms with Crippen molar-refractivity contribution in [1.29, 1.82) is 0 Å². The predicted molar refractivity (Wildman–Crippen MR) is 81.6 cm³/mol. The van der Waals surface area contributed by atoms with Crippen LogP contribution in [0.1, 0.15) is 12.5 Å². The fourth-order valence-corrected chi connectivity index (χ4v) is 3.01. The number of rotatable bonds is 4. The molecule has 23 heavy (non-hydrogen) atoms. The molecule has 5 nitrogen and oxygen atoms in total. The Morgan fingerprint density at radius 2 is 2.09 bits per heavy atom. The van der Waals surface area contributed by atoms with E-state index in [1.165, 1.54) is 17.4 Å². The molecule has 1 aromatic carbocycles. The number of aromatic nitrogens is 4. The van der Waals surface area contributed by atoms with Crippen molar-refractivity contribution < 1.29 is 13.2 Å². The summed E-state index contributed by atoms with van der Waals surface area (Å²) in [4.78, 5) is 6.16. The van der Waals surface area contributed by atoms with Crippen molar-refractivity contribution in [3.8, 4) is 11.4 Å². The summed E-state index contributed by atoms with van der Waals surface area (Å²) in [7, 11) is 0. The van der Waals surface area contributed by atoms with Crippen LogP contribution in [0, 0.1) is 0 Å². The minimum atomic E-state index is -4.37. The molecule has 0 aliphatic heterocycles. The number of nitrogens with one attached hydrogen (secondary N) is 1. The Balaban J connectivity index is 1.94. The highest BCUT2D eigenvalue weighted by molar-refractivity contribution is 7.14. The number of hydrogen-bond donors (Lipinski definition) is 1. The zero-order valence-electron chi connectivity index (χ0n) is 12.0. The van der Waals surface area contributed by atoms with Crippen molar-refractivity contribution in [3.05, 3.63) is 41.4 Å². The Labute approximate surface area is 133 Å². The lowest BCUT2D eigenvalue weighted by Crippen LogP contribution is -2.16. The van der Waals surface area contributed by atoms with Gasteiger partial charge in [0.2, 0.25) is 0 Å². The summed E-state index contributed by atoms with van der Waals surface area (Å²) < 4.78 is 38.6. The third-order valence-electron chi connectivity index (χ3n) is 3.20. The van der Waals surface area contributed by atoms with Crippen LogP contribution >= 0.6 is 11.3 Å². The van der Waals surface area contributed by atoms with Gasteiger partial charge in [-0.1, -0.05) is 6.07 Å². The molecular formula is C14H12F3N5S. The summed E-state index contributed by atoms with van der Waals surface area (Å²) in [6.07, 6.45) is -2.83. The van der Waals surface area contributed by atoms with Gasteiger partial charge in [0.05, 0.1) is 11.8 Å². The standard InChI is InChI=1S/C14H12F3N5S/c1-2-22(10-5-3-4-9(6-10)14(15,16)17)13-19-12(8-23-13)11-7-18-21-20-11/h3-8H,2H2,1H3,(H,18,20,21). The van der Waals surface area contributed by atoms with E-state index in [1.54, 1.807) is 22.5 Å². The van der Waals surface area contributed by atoms with Crippen LogP contribution in [0.4, 0.5) is 24.0 Å². The van der Waals surface area contributed by atoms with Gasteiger partial charge in [-0.3, -0.25) is 0 Å². The second-order valence-corrected chi connectivity index (χ2v) is 5.50. The molecule has 0 spiro atoms. The van der Waals surface area contributed by atoms with Gasteiger partial charge in [-0.25, -0.2) is 4.98 Å². The molecule has 0 amide bonds. The van der Waals surface area contributed by atoms with Gasteiger partial charge in [0.15, 0.2) is 5.13 Å². The number of aromatic amines is 1. The lowest BCUT2D eigenvalue weighted by Gasteiger charge is -2.21. The van der Waals surface area contributed by atoms with Gasteiger partial charge in [-0.2, -0.15) is 28.6 Å². The van der Waals surface area contributed by atoms with E-state index in [0.29, 0.717) is 28.8 Å². The third-order valence-corrected chi connectivity index (χ3v) is 4.07. The number of H-pyrrole nitrogens is 1. The highest BCUT2D eigenvalue weighted by atomic mass is 32.1. The van der Waals surface area contributed by atoms with Crippen molar-refractivity contribution in [2.24, 2.45) is 0 Å². The molecule has 0 aliphatic rings. The van der Waals surface area contributed by atoms with E-state index in [9.17, 15) is 13.2 Å². The van der Waals surface area contributed by atoms with Crippen molar-refractivity contribution in [2.75, 3.05) is 11.4 Å². The first kappa shape index (κ1) is 15.5. The Morgan fingerprint density at radius 3 is 2.74 bits per heavy atom. The average molecular weight is 339 g/mol. The van der Waals surface area contributed by atoms with E-state index in [1.807, 2.05) is 6.92 Å². The van der Waals surface area contributed by atoms with Crippen LogP contribution in [0.15, 0.2) is 35.8 Å². The summed E-state index contributed by atoms with van der Waals surface area (Å²) in [6.45, 7) is 2.35. The Morgan fingerprint density at radius 1 is 1.26 bits per heavy atom. The lowest BCUT2D eigenvalue weighted by atomic mass is 10.2. The molecule has 0 bridgehead atoms. The topological polar surface area (TPSA) is 57.7 Å². The van der Waals surface area contributed by atoms with Crippen molar-refractivity contribution >= 4 is 22.2 Å². The van der Waals surface area contributed by atoms with E-state index in [-0.39, 0.29) is 0 Å². The maximum absolute atomic E-state index is 12.9. The molecule has 1 N–H and O–H groups in total. The van der Waals surface area contributed by atoms with E-state index in [2.05, 4.69) is 20.4 Å². The maximum atomic E-state index is 12.9. The summed E-state index contributed by atoms with van der Waals surface area (Å²) >= 11 is 1.34. The molecule has 0 radical (unpaired) electrons. The summed E-state index contributed by atoms with van der Waals surface area (Å²) in [5, 5.41) is 12.6. The second-order valence-electron chi connectivity index (χ2n) is 4.66. The second kappa shape index (κ2) is 5.99. The number of nitrogens with zero attached hydrogens (tertiary/aromatic N) is 4. The van der Waals surface area contributed by atoms with E-state index < -0.39 is 11.7 Å². The van der Waals surface area contributed by atoms with Crippen molar-refractivity contribution in [2.45, 2.75) is 13.1 Å². The minimum Gasteiger partial charge on any atom is -0.318 e. The van der Waals surface area contributed by atoms with Crippen LogP contribution in [0.5, 0.6) is 0 Å². The predicted octanol–water partition coefficient (Wildman–Crippen LogP) is 4.11. The number of alkyl halides is 3. The first-order valence-electron chi connectivity index (χ1n) is 6.75. The van der Waals surface area contributed by atoms with Gasteiger partial charge in [-0.15, -0.1) is 11.3 Å². The molecule has 120 valence electrons. The number of benzene rings is 1. The molecule has 2 heterocycles. The molecular weight excluding hydrogens is 327 g/mol. The number of anilines is 2. The normalized spacial score (nSPS) is 11.7. The fourth-order valence-electron chi connectivity index (χ4n) is 2.11. The monoisotopic (exact) mass is 339 g/mol. The zero-order valence-corrected chi connectivity index (χ0v) is 12.8. The lowest BCUT2D eigenvalue weighted by molar-refractivity contribution is -0.137. The fraction of sp³-hybridized carbons (Fsp3) is 0.214. The van der Waals surface area contributed by atoms with Gasteiger partial charge < -0.3 is 4.90 Å². The van der Waals surface area contributed by atoms with Crippen LogP contribution in [-0.4, -0.2) is 26.9 Å². The van der Waals surface area contributed by atoms with Crippen LogP contribution in [-0.2, 0) is 6.18 Å². The van der Waals surface area contributed by atoms with E-state index in [0.717, 1.165) is 12.1 Å². The molecule has 0 fully saturated rings. The Bertz CT molecular complexity index is 782. The Hall–Kier alpha value is -2.42. The smallest absolute Gasteiger partial charge is 0.318 e. The molecule has 0 saturated carbocycles. The average Bonchev–Trinajstić information content (AvgIpc) is 3.18. The highest BCUT2D eigenvalue weighted by Gasteiger charge is 2.31. The van der Waals surface area contributed by atoms with Crippen molar-refractivity contribution in [3.63, 3.8) is 0 Å². The van der Waals surface area contributed by atoms with Gasteiger partial charge in [0.1, 0.15) is 11.4 Å². The molecule has 3 aromatic rings. The van der Waals surface area contributed by atoms with E-state index >= 15 is 0 Å². The largest absolute Gasteiger partial charge is 0.416 e. The molecule has 9 heteroatoms. The number of halogens is 3. The SMILES string of the molecule is CCN(c1cccc(C(F)(F)F)c1)c1nc(-c2cn[nH]n2)cs1. The number of thiazole rings is 1. The van der Waals surface area contributed by atoms with Gasteiger partial charge in [0.25, 0.3) is 0 Å².